The number of ether oxygens (including phenoxy) is 5. The molecule has 0 radical (unpaired) electrons. The van der Waals surface area contributed by atoms with Gasteiger partial charge >= 0.3 is 0 Å². The van der Waals surface area contributed by atoms with Crippen molar-refractivity contribution in [1.82, 2.24) is 30.2 Å². The lowest BCUT2D eigenvalue weighted by atomic mass is 9.84. The van der Waals surface area contributed by atoms with E-state index >= 15 is 0 Å². The number of fused-ring (bicyclic) bond motifs is 4. The van der Waals surface area contributed by atoms with E-state index in [2.05, 4.69) is 76.4 Å². The fourth-order valence-corrected chi connectivity index (χ4v) is 9.34. The summed E-state index contributed by atoms with van der Waals surface area (Å²) in [6, 6.07) is 15.6. The maximum absolute atomic E-state index is 13.3. The van der Waals surface area contributed by atoms with Crippen molar-refractivity contribution in [1.29, 1.82) is 0 Å². The summed E-state index contributed by atoms with van der Waals surface area (Å²) in [6.07, 6.45) is 9.96. The molecule has 374 valence electrons. The number of nitrogens with zero attached hydrogens (tertiary/aromatic N) is 5. The molecule has 7 rings (SSSR count). The van der Waals surface area contributed by atoms with E-state index in [4.69, 9.17) is 23.7 Å². The zero-order valence-corrected chi connectivity index (χ0v) is 42.3. The molecule has 0 bridgehead atoms. The molecule has 0 unspecified atom stereocenters. The average Bonchev–Trinajstić information content (AvgIpc) is 3.77. The first-order valence-corrected chi connectivity index (χ1v) is 25.2. The molecular weight excluding hydrogens is 915 g/mol. The van der Waals surface area contributed by atoms with E-state index in [1.165, 1.54) is 0 Å². The number of aromatic nitrogens is 3. The molecular formula is C52H66N7O10S+. The summed E-state index contributed by atoms with van der Waals surface area (Å²) < 4.78 is 67.9. The molecule has 1 aromatic heterocycles. The minimum absolute atomic E-state index is 0.0653. The summed E-state index contributed by atoms with van der Waals surface area (Å²) in [7, 11) is -0.310. The second kappa shape index (κ2) is 22.4. The Morgan fingerprint density at radius 1 is 0.871 bits per heavy atom. The Morgan fingerprint density at radius 3 is 2.30 bits per heavy atom. The Hall–Kier alpha value is -6.02. The van der Waals surface area contributed by atoms with E-state index in [9.17, 15) is 22.6 Å². The van der Waals surface area contributed by atoms with Crippen LogP contribution in [-0.2, 0) is 47.0 Å². The first-order valence-electron chi connectivity index (χ1n) is 23.6. The molecule has 3 aliphatic heterocycles. The molecule has 0 saturated heterocycles. The molecule has 0 fully saturated rings. The van der Waals surface area contributed by atoms with Crippen molar-refractivity contribution in [3.63, 3.8) is 0 Å². The highest BCUT2D eigenvalue weighted by molar-refractivity contribution is 7.86. The van der Waals surface area contributed by atoms with Crippen LogP contribution in [0, 0.1) is 0 Å². The molecule has 0 spiro atoms. The van der Waals surface area contributed by atoms with Crippen LogP contribution in [0.1, 0.15) is 86.3 Å². The van der Waals surface area contributed by atoms with Gasteiger partial charge in [-0.25, -0.2) is 9.26 Å². The van der Waals surface area contributed by atoms with Crippen LogP contribution in [0.4, 0.5) is 5.69 Å². The highest BCUT2D eigenvalue weighted by Gasteiger charge is 2.36. The van der Waals surface area contributed by atoms with E-state index in [1.54, 1.807) is 23.0 Å². The number of carbonyl (C=O) groups excluding carboxylic acids is 2. The topological polar surface area (TPSA) is 196 Å². The van der Waals surface area contributed by atoms with E-state index in [-0.39, 0.29) is 30.4 Å². The van der Waals surface area contributed by atoms with Gasteiger partial charge in [0, 0.05) is 85.2 Å². The quantitative estimate of drug-likeness (QED) is 0.0358. The fourth-order valence-electron chi connectivity index (χ4n) is 8.70. The van der Waals surface area contributed by atoms with Gasteiger partial charge < -0.3 is 39.2 Å². The smallest absolute Gasteiger partial charge is 0.269 e. The number of hydrogen-bond donors (Lipinski definition) is 3. The summed E-state index contributed by atoms with van der Waals surface area (Å²) in [6.45, 7) is 16.5. The summed E-state index contributed by atoms with van der Waals surface area (Å²) in [5, 5.41) is 15.8. The number of amides is 2. The lowest BCUT2D eigenvalue weighted by Crippen LogP contribution is -2.47. The molecule has 0 atom stereocenters. The molecule has 2 amide bonds. The first kappa shape index (κ1) is 51.8. The summed E-state index contributed by atoms with van der Waals surface area (Å²) in [5.41, 5.74) is 7.03. The third-order valence-corrected chi connectivity index (χ3v) is 13.4. The number of nitrogens with one attached hydrogen (secondary N) is 2. The van der Waals surface area contributed by atoms with Crippen molar-refractivity contribution in [3.05, 3.63) is 123 Å². The lowest BCUT2D eigenvalue weighted by Gasteiger charge is -2.41. The predicted octanol–water partition coefficient (Wildman–Crippen LogP) is 4.53. The van der Waals surface area contributed by atoms with Crippen molar-refractivity contribution in [3.8, 4) is 11.5 Å². The van der Waals surface area contributed by atoms with E-state index in [0.29, 0.717) is 99.8 Å². The first-order chi connectivity index (χ1) is 33.3. The summed E-state index contributed by atoms with van der Waals surface area (Å²) in [5.74, 6) is 0.451. The second-order valence-corrected chi connectivity index (χ2v) is 20.1. The molecule has 3 aliphatic rings. The van der Waals surface area contributed by atoms with Gasteiger partial charge in [0.1, 0.15) is 30.0 Å². The van der Waals surface area contributed by atoms with E-state index < -0.39 is 21.4 Å². The van der Waals surface area contributed by atoms with Crippen LogP contribution in [0.25, 0.3) is 16.7 Å². The Bertz CT molecular complexity index is 2920. The molecule has 17 nitrogen and oxygen atoms in total. The van der Waals surface area contributed by atoms with Crippen molar-refractivity contribution in [2.24, 2.45) is 0 Å². The Balaban J connectivity index is 0.918. The van der Waals surface area contributed by atoms with Crippen LogP contribution in [0.15, 0.2) is 79.0 Å². The number of benzene rings is 3. The van der Waals surface area contributed by atoms with Gasteiger partial charge in [-0.1, -0.05) is 35.6 Å². The van der Waals surface area contributed by atoms with Gasteiger partial charge in [-0.15, -0.1) is 5.10 Å². The molecule has 3 N–H and O–H groups in total. The standard InChI is InChI=1S/C52H65N7O10S/c1-9-10-16-53-48(60)15-19-68-33-39-32-59(56-55-39)18-21-66-23-25-67-24-22-65-20-17-54-50(61)37-13-11-36(12-14-37)49-42-26-40-35(2)30-51(3,4)57(7)44(40)28-46(42)69-47-29-45-41(27-43(47)49)38(34-70(62,63)64)31-52(5,6)58(45)8/h9-14,26-32H,15-25,33-34H2,1-8H3,(H2-,53,54,60,61,62,63,64)/p+1/b10-9+. The van der Waals surface area contributed by atoms with Gasteiger partial charge in [-0.3, -0.25) is 14.1 Å². The fraction of sp³-hybridized carbons (Fsp3) is 0.442. The Morgan fingerprint density at radius 2 is 1.59 bits per heavy atom. The highest BCUT2D eigenvalue weighted by atomic mass is 32.2. The number of carbonyl (C=O) groups is 2. The SMILES string of the molecule is C/C=C/CNC(=O)CCOCc1cn(CCOCCOCCOCCNC(=O)c2ccc(C3=c4cc5c(cc4Oc4cc6c(cc43)C(CS(=O)(=O)O)=CC(C)(C)N6C)=[N+](C)C(C)(C)C=C5C)cc2)nn1. The number of rotatable bonds is 23. The zero-order valence-electron chi connectivity index (χ0n) is 41.5. The van der Waals surface area contributed by atoms with Gasteiger partial charge in [-0.05, 0) is 74.7 Å². The number of anilines is 1. The zero-order chi connectivity index (χ0) is 50.2. The largest absolute Gasteiger partial charge is 0.456 e. The van der Waals surface area contributed by atoms with Gasteiger partial charge in [0.15, 0.2) is 5.54 Å². The number of allylic oxidation sites excluding steroid dienone is 2. The van der Waals surface area contributed by atoms with Crippen LogP contribution in [0.3, 0.4) is 0 Å². The molecule has 4 aromatic rings. The van der Waals surface area contributed by atoms with E-state index in [1.807, 2.05) is 70.3 Å². The second-order valence-electron chi connectivity index (χ2n) is 18.7. The number of likely N-dealkylation sites (N-methyl/N-ethyl adjacent to an activating group) is 2. The predicted molar refractivity (Wildman–Crippen MR) is 269 cm³/mol. The molecule has 18 heteroatoms. The Labute approximate surface area is 410 Å². The van der Waals surface area contributed by atoms with Gasteiger partial charge in [-0.2, -0.15) is 8.42 Å². The highest BCUT2D eigenvalue weighted by Crippen LogP contribution is 2.46. The van der Waals surface area contributed by atoms with Crippen molar-refractivity contribution < 1.29 is 46.2 Å². The van der Waals surface area contributed by atoms with Gasteiger partial charge in [0.25, 0.3) is 16.0 Å². The normalized spacial score (nSPS) is 15.6. The minimum atomic E-state index is -4.35. The van der Waals surface area contributed by atoms with Crippen molar-refractivity contribution in [2.45, 2.75) is 72.2 Å². The van der Waals surface area contributed by atoms with Crippen LogP contribution in [0.2, 0.25) is 0 Å². The molecule has 0 aliphatic carbocycles. The monoisotopic (exact) mass is 980 g/mol. The van der Waals surface area contributed by atoms with Gasteiger partial charge in [0.05, 0.1) is 77.2 Å². The average molecular weight is 981 g/mol. The Kier molecular flexibility index (Phi) is 16.6. The maximum atomic E-state index is 13.3. The van der Waals surface area contributed by atoms with Crippen molar-refractivity contribution >= 4 is 44.3 Å². The third kappa shape index (κ3) is 12.6. The van der Waals surface area contributed by atoms with Crippen LogP contribution in [-0.4, -0.2) is 130 Å². The van der Waals surface area contributed by atoms with Crippen LogP contribution < -0.4 is 35.4 Å². The van der Waals surface area contributed by atoms with Crippen molar-refractivity contribution in [2.75, 3.05) is 84.1 Å². The summed E-state index contributed by atoms with van der Waals surface area (Å²) in [4.78, 5) is 27.1. The minimum Gasteiger partial charge on any atom is -0.456 e. The third-order valence-electron chi connectivity index (χ3n) is 12.8. The molecule has 70 heavy (non-hydrogen) atoms. The molecule has 0 saturated carbocycles. The van der Waals surface area contributed by atoms with Crippen LogP contribution >= 0.6 is 0 Å². The molecule has 4 heterocycles. The van der Waals surface area contributed by atoms with Crippen LogP contribution in [0.5, 0.6) is 11.5 Å². The van der Waals surface area contributed by atoms with E-state index in [0.717, 1.165) is 44.1 Å². The molecule has 3 aromatic carbocycles. The maximum Gasteiger partial charge on any atom is 0.269 e. The summed E-state index contributed by atoms with van der Waals surface area (Å²) >= 11 is 0. The number of hydrogen-bond acceptors (Lipinski definition) is 12. The van der Waals surface area contributed by atoms with Gasteiger partial charge in [0.2, 0.25) is 11.3 Å². The lowest BCUT2D eigenvalue weighted by molar-refractivity contribution is -0.122.